The number of hydrogen-bond acceptors (Lipinski definition) is 4. The fourth-order valence-corrected chi connectivity index (χ4v) is 3.65. The van der Waals surface area contributed by atoms with Crippen LogP contribution in [0.4, 0.5) is 0 Å². The number of unbranched alkanes of at least 4 members (excludes halogenated alkanes) is 3. The van der Waals surface area contributed by atoms with E-state index >= 15 is 0 Å². The van der Waals surface area contributed by atoms with Gasteiger partial charge in [0.15, 0.2) is 0 Å². The van der Waals surface area contributed by atoms with E-state index < -0.39 is 6.10 Å². The average molecular weight is 350 g/mol. The van der Waals surface area contributed by atoms with Crippen LogP contribution in [-0.4, -0.2) is 36.5 Å². The number of cyclic esters (lactones) is 1. The van der Waals surface area contributed by atoms with Crippen molar-refractivity contribution in [3.8, 4) is 0 Å². The van der Waals surface area contributed by atoms with Gasteiger partial charge in [-0.2, -0.15) is 0 Å². The van der Waals surface area contributed by atoms with Gasteiger partial charge in [-0.1, -0.05) is 44.1 Å². The number of ether oxygens (including phenoxy) is 2. The molecule has 1 aliphatic carbocycles. The summed E-state index contributed by atoms with van der Waals surface area (Å²) in [5, 5.41) is 10.1. The van der Waals surface area contributed by atoms with Gasteiger partial charge in [-0.05, 0) is 44.4 Å². The fourth-order valence-electron chi connectivity index (χ4n) is 3.65. The molecule has 0 bridgehead atoms. The Morgan fingerprint density at radius 1 is 1.32 bits per heavy atom. The van der Waals surface area contributed by atoms with Crippen LogP contribution in [0.25, 0.3) is 0 Å². The van der Waals surface area contributed by atoms with E-state index in [9.17, 15) is 9.90 Å². The number of methoxy groups -OCH3 is 1. The van der Waals surface area contributed by atoms with E-state index in [1.165, 1.54) is 19.3 Å². The molecule has 142 valence electrons. The zero-order valence-electron chi connectivity index (χ0n) is 15.7. The van der Waals surface area contributed by atoms with Crippen molar-refractivity contribution in [3.63, 3.8) is 0 Å². The van der Waals surface area contributed by atoms with Crippen LogP contribution in [0.15, 0.2) is 24.3 Å². The lowest BCUT2D eigenvalue weighted by molar-refractivity contribution is -0.155. The summed E-state index contributed by atoms with van der Waals surface area (Å²) >= 11 is 0. The van der Waals surface area contributed by atoms with Gasteiger partial charge >= 0.3 is 5.97 Å². The number of carbonyl (C=O) groups is 1. The van der Waals surface area contributed by atoms with E-state index in [0.717, 1.165) is 25.7 Å². The Labute approximate surface area is 152 Å². The molecule has 1 saturated carbocycles. The average Bonchev–Trinajstić information content (AvgIpc) is 3.39. The summed E-state index contributed by atoms with van der Waals surface area (Å²) in [5.41, 5.74) is 0. The summed E-state index contributed by atoms with van der Waals surface area (Å²) in [6, 6.07) is 0. The Balaban J connectivity index is 1.70. The monoisotopic (exact) mass is 350 g/mol. The number of allylic oxidation sites excluding steroid dienone is 1. The Morgan fingerprint density at radius 2 is 2.16 bits per heavy atom. The lowest BCUT2D eigenvalue weighted by Gasteiger charge is -2.23. The minimum absolute atomic E-state index is 0.00573. The zero-order chi connectivity index (χ0) is 18.1. The minimum Gasteiger partial charge on any atom is -0.462 e. The van der Waals surface area contributed by atoms with Gasteiger partial charge in [0.2, 0.25) is 0 Å². The molecule has 0 aromatic heterocycles. The topological polar surface area (TPSA) is 55.8 Å². The second kappa shape index (κ2) is 10.8. The SMILES string of the molecule is CCCCC/C=C\C[C@H](O)/C=C/[C@H](OC)[C@H]1C[C@@H]1[C@H]1CCCC(=O)O1. The number of aliphatic hydroxyl groups excluding tert-OH is 1. The van der Waals surface area contributed by atoms with Crippen LogP contribution in [0, 0.1) is 11.8 Å². The van der Waals surface area contributed by atoms with E-state index in [1.807, 2.05) is 12.2 Å². The molecular formula is C21H34O4. The number of rotatable bonds is 11. The van der Waals surface area contributed by atoms with Crippen LogP contribution < -0.4 is 0 Å². The van der Waals surface area contributed by atoms with E-state index in [-0.39, 0.29) is 18.2 Å². The van der Waals surface area contributed by atoms with Crippen molar-refractivity contribution >= 4 is 5.97 Å². The maximum absolute atomic E-state index is 11.4. The van der Waals surface area contributed by atoms with E-state index in [0.29, 0.717) is 24.7 Å². The van der Waals surface area contributed by atoms with Crippen LogP contribution in [0.5, 0.6) is 0 Å². The van der Waals surface area contributed by atoms with E-state index in [4.69, 9.17) is 9.47 Å². The Hall–Kier alpha value is -1.13. The minimum atomic E-state index is -0.468. The van der Waals surface area contributed by atoms with E-state index in [2.05, 4.69) is 19.1 Å². The van der Waals surface area contributed by atoms with Crippen LogP contribution >= 0.6 is 0 Å². The molecule has 0 aromatic carbocycles. The molecule has 2 aliphatic rings. The Kier molecular flexibility index (Phi) is 8.70. The normalized spacial score (nSPS) is 29.1. The first kappa shape index (κ1) is 20.2. The van der Waals surface area contributed by atoms with Crippen molar-refractivity contribution < 1.29 is 19.4 Å². The molecule has 1 N–H and O–H groups in total. The molecule has 1 aliphatic heterocycles. The second-order valence-corrected chi connectivity index (χ2v) is 7.34. The number of hydrogen-bond donors (Lipinski definition) is 1. The molecule has 1 heterocycles. The smallest absolute Gasteiger partial charge is 0.306 e. The van der Waals surface area contributed by atoms with Crippen molar-refractivity contribution in [2.45, 2.75) is 83.0 Å². The zero-order valence-corrected chi connectivity index (χ0v) is 15.7. The van der Waals surface area contributed by atoms with Crippen LogP contribution in [0.1, 0.15) is 64.7 Å². The van der Waals surface area contributed by atoms with E-state index in [1.54, 1.807) is 7.11 Å². The lowest BCUT2D eigenvalue weighted by Crippen LogP contribution is -2.27. The maximum Gasteiger partial charge on any atom is 0.306 e. The third kappa shape index (κ3) is 6.95. The molecule has 0 spiro atoms. The maximum atomic E-state index is 11.4. The first-order chi connectivity index (χ1) is 12.2. The van der Waals surface area contributed by atoms with Gasteiger partial charge in [0, 0.05) is 19.4 Å². The molecular weight excluding hydrogens is 316 g/mol. The third-order valence-corrected chi connectivity index (χ3v) is 5.26. The van der Waals surface area contributed by atoms with Gasteiger partial charge in [0.25, 0.3) is 0 Å². The number of aliphatic hydroxyl groups is 1. The molecule has 4 nitrogen and oxygen atoms in total. The predicted octanol–water partition coefficient (Wildman–Crippen LogP) is 4.18. The van der Waals surface area contributed by atoms with Gasteiger partial charge < -0.3 is 14.6 Å². The highest BCUT2D eigenvalue weighted by Gasteiger charge is 2.49. The molecule has 1 saturated heterocycles. The highest BCUT2D eigenvalue weighted by molar-refractivity contribution is 5.70. The number of esters is 1. The fraction of sp³-hybridized carbons (Fsp3) is 0.762. The molecule has 0 unspecified atom stereocenters. The quantitative estimate of drug-likeness (QED) is 0.345. The lowest BCUT2D eigenvalue weighted by atomic mass is 10.0. The molecule has 2 fully saturated rings. The largest absolute Gasteiger partial charge is 0.462 e. The first-order valence-electron chi connectivity index (χ1n) is 9.89. The second-order valence-electron chi connectivity index (χ2n) is 7.34. The number of carbonyl (C=O) groups excluding carboxylic acids is 1. The molecule has 0 amide bonds. The van der Waals surface area contributed by atoms with Crippen LogP contribution in [-0.2, 0) is 14.3 Å². The summed E-state index contributed by atoms with van der Waals surface area (Å²) in [5.74, 6) is 0.746. The molecule has 5 atom stereocenters. The van der Waals surface area contributed by atoms with Crippen LogP contribution in [0.2, 0.25) is 0 Å². The summed E-state index contributed by atoms with van der Waals surface area (Å²) in [6.45, 7) is 2.20. The van der Waals surface area contributed by atoms with Crippen molar-refractivity contribution in [2.24, 2.45) is 11.8 Å². The molecule has 2 rings (SSSR count). The molecule has 0 aromatic rings. The Morgan fingerprint density at radius 3 is 2.88 bits per heavy atom. The first-order valence-corrected chi connectivity index (χ1v) is 9.89. The van der Waals surface area contributed by atoms with Crippen LogP contribution in [0.3, 0.4) is 0 Å². The summed E-state index contributed by atoms with van der Waals surface area (Å²) in [4.78, 5) is 11.4. The van der Waals surface area contributed by atoms with Gasteiger partial charge in [0.05, 0.1) is 12.2 Å². The molecule has 0 radical (unpaired) electrons. The molecule has 4 heteroatoms. The van der Waals surface area contributed by atoms with Crippen molar-refractivity contribution in [1.82, 2.24) is 0 Å². The predicted molar refractivity (Wildman–Crippen MR) is 99.2 cm³/mol. The van der Waals surface area contributed by atoms with Gasteiger partial charge in [-0.25, -0.2) is 0 Å². The van der Waals surface area contributed by atoms with Gasteiger partial charge in [-0.15, -0.1) is 0 Å². The third-order valence-electron chi connectivity index (χ3n) is 5.26. The molecule has 25 heavy (non-hydrogen) atoms. The van der Waals surface area contributed by atoms with Crippen molar-refractivity contribution in [2.75, 3.05) is 7.11 Å². The Bertz CT molecular complexity index is 457. The van der Waals surface area contributed by atoms with Crippen molar-refractivity contribution in [1.29, 1.82) is 0 Å². The summed E-state index contributed by atoms with van der Waals surface area (Å²) < 4.78 is 11.1. The summed E-state index contributed by atoms with van der Waals surface area (Å²) in [7, 11) is 1.71. The highest BCUT2D eigenvalue weighted by Crippen LogP contribution is 2.48. The highest BCUT2D eigenvalue weighted by atomic mass is 16.5. The van der Waals surface area contributed by atoms with Gasteiger partial charge in [-0.3, -0.25) is 4.79 Å². The standard InChI is InChI=1S/C21H34O4/c1-3-4-5-6-7-8-10-16(22)13-14-19(24-2)17-15-18(17)20-11-9-12-21(23)25-20/h7-8,13-14,16-20,22H,3-6,9-12,15H2,1-2H3/b8-7-,14-13+/t16-,17-,18-,19-,20+/m0/s1. The van der Waals surface area contributed by atoms with Gasteiger partial charge in [0.1, 0.15) is 6.10 Å². The summed E-state index contributed by atoms with van der Waals surface area (Å²) in [6.07, 6.45) is 16.6. The van der Waals surface area contributed by atoms with Crippen molar-refractivity contribution in [3.05, 3.63) is 24.3 Å².